The zero-order valence-corrected chi connectivity index (χ0v) is 28.7. The van der Waals surface area contributed by atoms with Crippen LogP contribution in [0.5, 0.6) is 5.75 Å². The fraction of sp³-hybridized carbons (Fsp3) is 0.0204. The molecule has 246 valence electrons. The standard InChI is InChI=1S/C49H34N2O/c1-52-41-24-22-39(23-25-41)50-46-18-10-8-16-42(46)44-31-35(20-26-48(44)50)36-21-27-49-45(32-36)43-17-9-11-19-47(43)51(49)40-29-37(33-12-4-2-5-13-33)28-38(30-40)34-14-6-3-7-15-34/h2-32H,1H3. The minimum absolute atomic E-state index is 0.851. The van der Waals surface area contributed by atoms with E-state index in [0.717, 1.165) is 17.1 Å². The van der Waals surface area contributed by atoms with Crippen LogP contribution in [0.25, 0.3) is 88.4 Å². The molecule has 0 aliphatic heterocycles. The van der Waals surface area contributed by atoms with E-state index < -0.39 is 0 Å². The van der Waals surface area contributed by atoms with Gasteiger partial charge in [0, 0.05) is 32.9 Å². The number of hydrogen-bond donors (Lipinski definition) is 0. The third-order valence-corrected chi connectivity index (χ3v) is 10.4. The van der Waals surface area contributed by atoms with Crippen LogP contribution in [0.1, 0.15) is 0 Å². The van der Waals surface area contributed by atoms with E-state index in [4.69, 9.17) is 4.74 Å². The van der Waals surface area contributed by atoms with Crippen molar-refractivity contribution in [2.45, 2.75) is 0 Å². The zero-order chi connectivity index (χ0) is 34.6. The molecule has 0 aliphatic carbocycles. The molecule has 2 aromatic heterocycles. The summed E-state index contributed by atoms with van der Waals surface area (Å²) in [6, 6.07) is 67.9. The molecule has 0 fully saturated rings. The first-order valence-corrected chi connectivity index (χ1v) is 17.7. The molecule has 0 saturated carbocycles. The summed E-state index contributed by atoms with van der Waals surface area (Å²) in [5.74, 6) is 0.851. The summed E-state index contributed by atoms with van der Waals surface area (Å²) in [4.78, 5) is 0. The van der Waals surface area contributed by atoms with Gasteiger partial charge in [0.25, 0.3) is 0 Å². The Morgan fingerprint density at radius 1 is 0.308 bits per heavy atom. The van der Waals surface area contributed by atoms with Gasteiger partial charge in [-0.3, -0.25) is 0 Å². The molecule has 3 nitrogen and oxygen atoms in total. The molecule has 0 N–H and O–H groups in total. The lowest BCUT2D eigenvalue weighted by Crippen LogP contribution is -1.96. The molecule has 0 spiro atoms. The van der Waals surface area contributed by atoms with Crippen LogP contribution in [-0.2, 0) is 0 Å². The summed E-state index contributed by atoms with van der Waals surface area (Å²) in [6.07, 6.45) is 0. The first-order chi connectivity index (χ1) is 25.7. The molecule has 3 heteroatoms. The van der Waals surface area contributed by atoms with Crippen molar-refractivity contribution in [3.05, 3.63) is 188 Å². The topological polar surface area (TPSA) is 19.1 Å². The third-order valence-electron chi connectivity index (χ3n) is 10.4. The number of hydrogen-bond acceptors (Lipinski definition) is 1. The van der Waals surface area contributed by atoms with Gasteiger partial charge in [0.05, 0.1) is 29.2 Å². The molecule has 0 bridgehead atoms. The van der Waals surface area contributed by atoms with Crippen molar-refractivity contribution in [1.82, 2.24) is 9.13 Å². The Kier molecular flexibility index (Phi) is 7.04. The molecule has 0 atom stereocenters. The zero-order valence-electron chi connectivity index (χ0n) is 28.7. The maximum atomic E-state index is 5.45. The average Bonchev–Trinajstić information content (AvgIpc) is 3.73. The van der Waals surface area contributed by atoms with Crippen LogP contribution >= 0.6 is 0 Å². The highest BCUT2D eigenvalue weighted by atomic mass is 16.5. The van der Waals surface area contributed by atoms with Gasteiger partial charge >= 0.3 is 0 Å². The molecular weight excluding hydrogens is 633 g/mol. The number of nitrogens with zero attached hydrogens (tertiary/aromatic N) is 2. The highest BCUT2D eigenvalue weighted by Gasteiger charge is 2.17. The molecule has 10 rings (SSSR count). The SMILES string of the molecule is COc1ccc(-n2c3ccccc3c3cc(-c4ccc5c(c4)c4ccccc4n5-c4cc(-c5ccccc5)cc(-c5ccccc5)c4)ccc32)cc1. The van der Waals surface area contributed by atoms with Gasteiger partial charge in [-0.05, 0) is 112 Å². The van der Waals surface area contributed by atoms with Crippen LogP contribution in [-0.4, -0.2) is 16.2 Å². The van der Waals surface area contributed by atoms with E-state index in [-0.39, 0.29) is 0 Å². The summed E-state index contributed by atoms with van der Waals surface area (Å²) >= 11 is 0. The summed E-state index contributed by atoms with van der Waals surface area (Å²) in [5.41, 5.74) is 14.2. The van der Waals surface area contributed by atoms with Crippen molar-refractivity contribution in [2.75, 3.05) is 7.11 Å². The Balaban J connectivity index is 1.15. The second kappa shape index (κ2) is 12.2. The Morgan fingerprint density at radius 3 is 1.25 bits per heavy atom. The van der Waals surface area contributed by atoms with Crippen molar-refractivity contribution in [2.24, 2.45) is 0 Å². The molecule has 0 amide bonds. The highest BCUT2D eigenvalue weighted by Crippen LogP contribution is 2.40. The second-order valence-corrected chi connectivity index (χ2v) is 13.4. The molecule has 52 heavy (non-hydrogen) atoms. The van der Waals surface area contributed by atoms with Crippen LogP contribution in [0.15, 0.2) is 188 Å². The van der Waals surface area contributed by atoms with Gasteiger partial charge in [0.15, 0.2) is 0 Å². The molecule has 0 radical (unpaired) electrons. The van der Waals surface area contributed by atoms with Crippen molar-refractivity contribution in [1.29, 1.82) is 0 Å². The van der Waals surface area contributed by atoms with E-state index >= 15 is 0 Å². The normalized spacial score (nSPS) is 11.6. The summed E-state index contributed by atoms with van der Waals surface area (Å²) in [5, 5.41) is 4.95. The van der Waals surface area contributed by atoms with Crippen LogP contribution < -0.4 is 4.74 Å². The quantitative estimate of drug-likeness (QED) is 0.173. The lowest BCUT2D eigenvalue weighted by atomic mass is 9.98. The lowest BCUT2D eigenvalue weighted by molar-refractivity contribution is 0.415. The van der Waals surface area contributed by atoms with Gasteiger partial charge in [-0.15, -0.1) is 0 Å². The van der Waals surface area contributed by atoms with E-state index in [1.165, 1.54) is 77.0 Å². The predicted octanol–water partition coefficient (Wildman–Crippen LogP) is 12.9. The van der Waals surface area contributed by atoms with E-state index in [9.17, 15) is 0 Å². The smallest absolute Gasteiger partial charge is 0.119 e. The minimum Gasteiger partial charge on any atom is -0.497 e. The summed E-state index contributed by atoms with van der Waals surface area (Å²) in [6.45, 7) is 0. The van der Waals surface area contributed by atoms with Crippen molar-refractivity contribution < 1.29 is 4.74 Å². The summed E-state index contributed by atoms with van der Waals surface area (Å²) < 4.78 is 10.2. The third kappa shape index (κ3) is 4.90. The van der Waals surface area contributed by atoms with Gasteiger partial charge in [0.2, 0.25) is 0 Å². The Morgan fingerprint density at radius 2 is 0.750 bits per heavy atom. The number of rotatable bonds is 6. The van der Waals surface area contributed by atoms with Crippen LogP contribution in [0, 0.1) is 0 Å². The lowest BCUT2D eigenvalue weighted by Gasteiger charge is -2.14. The van der Waals surface area contributed by atoms with Crippen LogP contribution in [0.4, 0.5) is 0 Å². The Hall–Kier alpha value is -6.84. The second-order valence-electron chi connectivity index (χ2n) is 13.4. The fourth-order valence-corrected chi connectivity index (χ4v) is 7.93. The Bertz CT molecular complexity index is 2860. The number of para-hydroxylation sites is 2. The first kappa shape index (κ1) is 30.0. The maximum absolute atomic E-state index is 5.45. The molecule has 0 unspecified atom stereocenters. The minimum atomic E-state index is 0.851. The number of fused-ring (bicyclic) bond motifs is 6. The van der Waals surface area contributed by atoms with Gasteiger partial charge in [-0.25, -0.2) is 0 Å². The van der Waals surface area contributed by atoms with Crippen LogP contribution in [0.3, 0.4) is 0 Å². The van der Waals surface area contributed by atoms with E-state index in [1.807, 2.05) is 12.1 Å². The summed E-state index contributed by atoms with van der Waals surface area (Å²) in [7, 11) is 1.71. The van der Waals surface area contributed by atoms with Gasteiger partial charge in [-0.2, -0.15) is 0 Å². The monoisotopic (exact) mass is 666 g/mol. The van der Waals surface area contributed by atoms with E-state index in [0.29, 0.717) is 0 Å². The molecule has 8 aromatic carbocycles. The number of aromatic nitrogens is 2. The van der Waals surface area contributed by atoms with E-state index in [2.05, 4.69) is 185 Å². The molecule has 0 saturated heterocycles. The molecule has 10 aromatic rings. The highest BCUT2D eigenvalue weighted by molar-refractivity contribution is 6.12. The largest absolute Gasteiger partial charge is 0.497 e. The molecular formula is C49H34N2O. The number of benzene rings is 8. The van der Waals surface area contributed by atoms with Crippen molar-refractivity contribution in [3.63, 3.8) is 0 Å². The van der Waals surface area contributed by atoms with E-state index in [1.54, 1.807) is 7.11 Å². The van der Waals surface area contributed by atoms with Crippen molar-refractivity contribution >= 4 is 43.6 Å². The van der Waals surface area contributed by atoms with Gasteiger partial charge in [-0.1, -0.05) is 109 Å². The predicted molar refractivity (Wildman–Crippen MR) is 218 cm³/mol. The first-order valence-electron chi connectivity index (χ1n) is 17.7. The maximum Gasteiger partial charge on any atom is 0.119 e. The van der Waals surface area contributed by atoms with Crippen LogP contribution in [0.2, 0.25) is 0 Å². The number of methoxy groups -OCH3 is 1. The average molecular weight is 667 g/mol. The number of ether oxygens (including phenoxy) is 1. The van der Waals surface area contributed by atoms with Gasteiger partial charge in [0.1, 0.15) is 5.75 Å². The fourth-order valence-electron chi connectivity index (χ4n) is 7.93. The Labute approximate surface area is 302 Å². The molecule has 0 aliphatic rings. The molecule has 2 heterocycles. The van der Waals surface area contributed by atoms with Gasteiger partial charge < -0.3 is 13.9 Å². The van der Waals surface area contributed by atoms with Crippen molar-refractivity contribution in [3.8, 4) is 50.5 Å².